The molecule has 1 saturated heterocycles. The van der Waals surface area contributed by atoms with Crippen molar-refractivity contribution in [2.75, 3.05) is 26.2 Å². The van der Waals surface area contributed by atoms with Crippen molar-refractivity contribution in [3.8, 4) is 0 Å². The van der Waals surface area contributed by atoms with Crippen LogP contribution < -0.4 is 0 Å². The number of carbonyl (C=O) groups is 1. The van der Waals surface area contributed by atoms with E-state index in [0.717, 1.165) is 36.1 Å². The number of thioether (sulfide) groups is 1. The summed E-state index contributed by atoms with van der Waals surface area (Å²) in [5, 5.41) is 4.74. The number of hydrogen-bond acceptors (Lipinski definition) is 7. The first-order valence-corrected chi connectivity index (χ1v) is 10.6. The Morgan fingerprint density at radius 1 is 1.14 bits per heavy atom. The van der Waals surface area contributed by atoms with Crippen molar-refractivity contribution < 1.29 is 9.32 Å². The molecule has 0 unspecified atom stereocenters. The number of hydrogen-bond donors (Lipinski definition) is 0. The monoisotopic (exact) mass is 409 g/mol. The van der Waals surface area contributed by atoms with Crippen LogP contribution in [0.1, 0.15) is 27.4 Å². The minimum absolute atomic E-state index is 0.0421. The summed E-state index contributed by atoms with van der Waals surface area (Å²) < 4.78 is 5.11. The molecule has 0 radical (unpaired) electrons. The van der Waals surface area contributed by atoms with Crippen molar-refractivity contribution in [3.63, 3.8) is 0 Å². The molecule has 3 aromatic heterocycles. The van der Waals surface area contributed by atoms with Crippen LogP contribution in [-0.2, 0) is 12.3 Å². The lowest BCUT2D eigenvalue weighted by atomic mass is 10.2. The average Bonchev–Trinajstić information content (AvgIpc) is 3.18. The van der Waals surface area contributed by atoms with E-state index in [1.165, 1.54) is 17.3 Å². The molecular weight excluding hydrogens is 386 g/mol. The molecule has 0 bridgehead atoms. The maximum Gasteiger partial charge on any atom is 0.256 e. The van der Waals surface area contributed by atoms with Gasteiger partial charge in [0.2, 0.25) is 0 Å². The normalized spacial score (nSPS) is 14.9. The average molecular weight is 410 g/mol. The molecule has 0 spiro atoms. The van der Waals surface area contributed by atoms with Gasteiger partial charge in [-0.2, -0.15) is 0 Å². The maximum atomic E-state index is 13.1. The standard InChI is InChI=1S/C21H23N5O2S/c1-16-13-18(24-28-16)15-29-20-19(3-2-6-23-20)21(27)26-11-9-25(10-12-26)14-17-4-7-22-8-5-17/h2-8,13H,9-12,14-15H2,1H3. The quantitative estimate of drug-likeness (QED) is 0.579. The van der Waals surface area contributed by atoms with Gasteiger partial charge in [-0.25, -0.2) is 4.98 Å². The van der Waals surface area contributed by atoms with Crippen molar-refractivity contribution in [1.82, 2.24) is 24.9 Å². The minimum Gasteiger partial charge on any atom is -0.361 e. The Bertz CT molecular complexity index is 954. The molecule has 7 nitrogen and oxygen atoms in total. The second kappa shape index (κ2) is 9.19. The van der Waals surface area contributed by atoms with Crippen LogP contribution in [0.25, 0.3) is 0 Å². The molecule has 1 fully saturated rings. The molecule has 1 aliphatic heterocycles. The summed E-state index contributed by atoms with van der Waals surface area (Å²) >= 11 is 1.51. The first-order chi connectivity index (χ1) is 14.2. The van der Waals surface area contributed by atoms with Crippen LogP contribution in [0, 0.1) is 6.92 Å². The Morgan fingerprint density at radius 3 is 2.66 bits per heavy atom. The van der Waals surface area contributed by atoms with E-state index >= 15 is 0 Å². The molecule has 4 heterocycles. The number of aryl methyl sites for hydroxylation is 1. The van der Waals surface area contributed by atoms with E-state index in [1.807, 2.05) is 54.5 Å². The Labute approximate surface area is 174 Å². The molecule has 0 saturated carbocycles. The van der Waals surface area contributed by atoms with Crippen LogP contribution in [0.5, 0.6) is 0 Å². The number of amides is 1. The molecule has 1 amide bonds. The van der Waals surface area contributed by atoms with E-state index in [0.29, 0.717) is 24.4 Å². The topological polar surface area (TPSA) is 75.4 Å². The van der Waals surface area contributed by atoms with Gasteiger partial charge in [0.25, 0.3) is 5.91 Å². The summed E-state index contributed by atoms with van der Waals surface area (Å²) in [5.74, 6) is 1.44. The third-order valence-electron chi connectivity index (χ3n) is 4.85. The Kier molecular flexibility index (Phi) is 6.21. The van der Waals surface area contributed by atoms with E-state index in [2.05, 4.69) is 20.0 Å². The zero-order chi connectivity index (χ0) is 20.1. The molecule has 0 aliphatic carbocycles. The first kappa shape index (κ1) is 19.6. The Hall–Kier alpha value is -2.71. The highest BCUT2D eigenvalue weighted by molar-refractivity contribution is 7.98. The largest absolute Gasteiger partial charge is 0.361 e. The van der Waals surface area contributed by atoms with Crippen molar-refractivity contribution in [2.45, 2.75) is 24.2 Å². The van der Waals surface area contributed by atoms with Gasteiger partial charge in [0.05, 0.1) is 11.3 Å². The van der Waals surface area contributed by atoms with Crippen molar-refractivity contribution in [3.05, 3.63) is 71.5 Å². The lowest BCUT2D eigenvalue weighted by Gasteiger charge is -2.35. The number of carbonyl (C=O) groups excluding carboxylic acids is 1. The van der Waals surface area contributed by atoms with Crippen LogP contribution in [0.4, 0.5) is 0 Å². The van der Waals surface area contributed by atoms with Gasteiger partial charge < -0.3 is 9.42 Å². The molecule has 3 aromatic rings. The first-order valence-electron chi connectivity index (χ1n) is 9.59. The van der Waals surface area contributed by atoms with Crippen molar-refractivity contribution in [1.29, 1.82) is 0 Å². The fraction of sp³-hybridized carbons (Fsp3) is 0.333. The fourth-order valence-corrected chi connectivity index (χ4v) is 4.19. The van der Waals surface area contributed by atoms with Gasteiger partial charge in [-0.15, -0.1) is 0 Å². The van der Waals surface area contributed by atoms with Gasteiger partial charge in [-0.05, 0) is 36.8 Å². The molecule has 150 valence electrons. The highest BCUT2D eigenvalue weighted by atomic mass is 32.2. The number of rotatable bonds is 6. The van der Waals surface area contributed by atoms with E-state index < -0.39 is 0 Å². The summed E-state index contributed by atoms with van der Waals surface area (Å²) in [5.41, 5.74) is 2.75. The highest BCUT2D eigenvalue weighted by Gasteiger charge is 2.24. The van der Waals surface area contributed by atoms with Crippen LogP contribution in [0.3, 0.4) is 0 Å². The molecular formula is C21H23N5O2S. The van der Waals surface area contributed by atoms with Gasteiger partial charge in [0.1, 0.15) is 10.8 Å². The summed E-state index contributed by atoms with van der Waals surface area (Å²) in [4.78, 5) is 25.9. The smallest absolute Gasteiger partial charge is 0.256 e. The highest BCUT2D eigenvalue weighted by Crippen LogP contribution is 2.25. The summed E-state index contributed by atoms with van der Waals surface area (Å²) in [6.45, 7) is 5.89. The minimum atomic E-state index is 0.0421. The van der Waals surface area contributed by atoms with Crippen molar-refractivity contribution in [2.24, 2.45) is 0 Å². The van der Waals surface area contributed by atoms with Gasteiger partial charge in [0.15, 0.2) is 0 Å². The zero-order valence-electron chi connectivity index (χ0n) is 16.3. The second-order valence-electron chi connectivity index (χ2n) is 7.00. The van der Waals surface area contributed by atoms with Gasteiger partial charge >= 0.3 is 0 Å². The molecule has 0 atom stereocenters. The Balaban J connectivity index is 1.36. The third kappa shape index (κ3) is 5.02. The lowest BCUT2D eigenvalue weighted by Crippen LogP contribution is -2.48. The molecule has 29 heavy (non-hydrogen) atoms. The van der Waals surface area contributed by atoms with Crippen LogP contribution in [0.15, 0.2) is 58.5 Å². The Morgan fingerprint density at radius 2 is 1.93 bits per heavy atom. The number of pyridine rings is 2. The molecule has 8 heteroatoms. The SMILES string of the molecule is Cc1cc(CSc2ncccc2C(=O)N2CCN(Cc3ccncc3)CC2)no1. The number of piperazine rings is 1. The van der Waals surface area contributed by atoms with E-state index in [4.69, 9.17) is 4.52 Å². The van der Waals surface area contributed by atoms with Crippen LogP contribution in [0.2, 0.25) is 0 Å². The predicted molar refractivity (Wildman–Crippen MR) is 110 cm³/mol. The van der Waals surface area contributed by atoms with Gasteiger partial charge in [-0.3, -0.25) is 14.7 Å². The number of nitrogens with zero attached hydrogens (tertiary/aromatic N) is 5. The zero-order valence-corrected chi connectivity index (χ0v) is 17.1. The lowest BCUT2D eigenvalue weighted by molar-refractivity contribution is 0.0624. The predicted octanol–water partition coefficient (Wildman–Crippen LogP) is 3.02. The van der Waals surface area contributed by atoms with Gasteiger partial charge in [-0.1, -0.05) is 16.9 Å². The summed E-state index contributed by atoms with van der Waals surface area (Å²) in [7, 11) is 0. The molecule has 0 N–H and O–H groups in total. The summed E-state index contributed by atoms with van der Waals surface area (Å²) in [6, 6.07) is 9.64. The second-order valence-corrected chi connectivity index (χ2v) is 7.96. The van der Waals surface area contributed by atoms with E-state index in [9.17, 15) is 4.79 Å². The summed E-state index contributed by atoms with van der Waals surface area (Å²) in [6.07, 6.45) is 5.36. The molecule has 1 aliphatic rings. The van der Waals surface area contributed by atoms with E-state index in [1.54, 1.807) is 6.20 Å². The molecule has 4 rings (SSSR count). The third-order valence-corrected chi connectivity index (χ3v) is 5.89. The fourth-order valence-electron chi connectivity index (χ4n) is 3.32. The number of aromatic nitrogens is 3. The van der Waals surface area contributed by atoms with Crippen LogP contribution >= 0.6 is 11.8 Å². The van der Waals surface area contributed by atoms with E-state index in [-0.39, 0.29) is 5.91 Å². The van der Waals surface area contributed by atoms with Crippen LogP contribution in [-0.4, -0.2) is 57.0 Å². The van der Waals surface area contributed by atoms with Gasteiger partial charge in [0, 0.05) is 63.1 Å². The maximum absolute atomic E-state index is 13.1. The molecule has 0 aromatic carbocycles. The van der Waals surface area contributed by atoms with Crippen molar-refractivity contribution >= 4 is 17.7 Å².